The summed E-state index contributed by atoms with van der Waals surface area (Å²) in [5.74, 6) is 0.176. The average molecular weight is 455 g/mol. The first-order valence-corrected chi connectivity index (χ1v) is 10.8. The summed E-state index contributed by atoms with van der Waals surface area (Å²) in [4.78, 5) is 13.0. The van der Waals surface area contributed by atoms with E-state index in [1.165, 1.54) is 11.1 Å². The van der Waals surface area contributed by atoms with E-state index >= 15 is 0 Å². The predicted octanol–water partition coefficient (Wildman–Crippen LogP) is 5.91. The summed E-state index contributed by atoms with van der Waals surface area (Å²) in [6, 6.07) is 15.9. The van der Waals surface area contributed by atoms with Crippen LogP contribution in [0.25, 0.3) is 5.69 Å². The highest BCUT2D eigenvalue weighted by molar-refractivity contribution is 6.32. The lowest BCUT2D eigenvalue weighted by molar-refractivity contribution is 0.0922. The monoisotopic (exact) mass is 454 g/mol. The first-order valence-electron chi connectivity index (χ1n) is 10.1. The summed E-state index contributed by atoms with van der Waals surface area (Å²) >= 11 is 12.3. The Labute approximate surface area is 190 Å². The maximum atomic E-state index is 13.0. The number of hydrogen-bond donors (Lipinski definition) is 1. The summed E-state index contributed by atoms with van der Waals surface area (Å²) in [5.41, 5.74) is 0.557. The third-order valence-corrected chi connectivity index (χ3v) is 5.79. The standard InChI is InChI=1S/C23H20Cl2N4O2/c24-15-10-12-17(13-11-15)31-23-18(14-26)21(22(30)27-16-6-2-1-3-7-16)28-29(23)20-9-5-4-8-19(20)25/h4-5,8-13,16H,1-3,6-7H2,(H,27,30). The number of hydrogen-bond acceptors (Lipinski definition) is 4. The number of nitrogens with one attached hydrogen (secondary N) is 1. The molecule has 158 valence electrons. The molecule has 1 aliphatic carbocycles. The van der Waals surface area contributed by atoms with Crippen molar-refractivity contribution in [2.24, 2.45) is 0 Å². The molecule has 6 nitrogen and oxygen atoms in total. The van der Waals surface area contributed by atoms with Crippen molar-refractivity contribution in [2.75, 3.05) is 0 Å². The van der Waals surface area contributed by atoms with Crippen LogP contribution in [-0.4, -0.2) is 21.7 Å². The van der Waals surface area contributed by atoms with Crippen molar-refractivity contribution in [3.05, 3.63) is 69.8 Å². The second kappa shape index (κ2) is 9.42. The molecule has 4 rings (SSSR count). The van der Waals surface area contributed by atoms with Crippen LogP contribution in [0.15, 0.2) is 48.5 Å². The molecular weight excluding hydrogens is 435 g/mol. The predicted molar refractivity (Wildman–Crippen MR) is 119 cm³/mol. The van der Waals surface area contributed by atoms with Crippen LogP contribution < -0.4 is 10.1 Å². The topological polar surface area (TPSA) is 79.9 Å². The van der Waals surface area contributed by atoms with Gasteiger partial charge in [0.1, 0.15) is 17.4 Å². The van der Waals surface area contributed by atoms with Crippen LogP contribution in [0.5, 0.6) is 11.6 Å². The fourth-order valence-electron chi connectivity index (χ4n) is 3.66. The van der Waals surface area contributed by atoms with E-state index in [1.54, 1.807) is 48.5 Å². The molecular formula is C23H20Cl2N4O2. The van der Waals surface area contributed by atoms with E-state index in [2.05, 4.69) is 16.5 Å². The van der Waals surface area contributed by atoms with E-state index in [4.69, 9.17) is 27.9 Å². The molecule has 0 atom stereocenters. The third-order valence-electron chi connectivity index (χ3n) is 5.22. The summed E-state index contributed by atoms with van der Waals surface area (Å²) in [6.07, 6.45) is 5.18. The zero-order valence-electron chi connectivity index (χ0n) is 16.6. The number of para-hydroxylation sites is 1. The molecule has 0 bridgehead atoms. The van der Waals surface area contributed by atoms with Gasteiger partial charge in [0.25, 0.3) is 5.91 Å². The Balaban J connectivity index is 1.77. The van der Waals surface area contributed by atoms with E-state index in [9.17, 15) is 10.1 Å². The van der Waals surface area contributed by atoms with Crippen LogP contribution in [0.1, 0.15) is 48.2 Å². The highest BCUT2D eigenvalue weighted by atomic mass is 35.5. The number of nitriles is 1. The minimum Gasteiger partial charge on any atom is -0.438 e. The Morgan fingerprint density at radius 3 is 2.48 bits per heavy atom. The Bertz CT molecular complexity index is 1130. The van der Waals surface area contributed by atoms with Gasteiger partial charge in [-0.2, -0.15) is 15.0 Å². The highest BCUT2D eigenvalue weighted by Gasteiger charge is 2.28. The van der Waals surface area contributed by atoms with Crippen molar-refractivity contribution >= 4 is 29.1 Å². The van der Waals surface area contributed by atoms with Crippen LogP contribution in [0.2, 0.25) is 10.0 Å². The number of nitrogens with zero attached hydrogens (tertiary/aromatic N) is 3. The summed E-state index contributed by atoms with van der Waals surface area (Å²) in [6.45, 7) is 0. The van der Waals surface area contributed by atoms with E-state index in [1.807, 2.05) is 0 Å². The van der Waals surface area contributed by atoms with Gasteiger partial charge in [-0.05, 0) is 49.2 Å². The van der Waals surface area contributed by atoms with Crippen LogP contribution in [0.4, 0.5) is 0 Å². The molecule has 3 aromatic rings. The van der Waals surface area contributed by atoms with Crippen LogP contribution >= 0.6 is 23.2 Å². The smallest absolute Gasteiger partial charge is 0.273 e. The summed E-state index contributed by atoms with van der Waals surface area (Å²) in [7, 11) is 0. The Hall–Kier alpha value is -3.01. The fraction of sp³-hybridized carbons (Fsp3) is 0.261. The SMILES string of the molecule is N#Cc1c(C(=O)NC2CCCCC2)nn(-c2ccccc2Cl)c1Oc1ccc(Cl)cc1. The molecule has 2 aromatic carbocycles. The molecule has 1 aromatic heterocycles. The van der Waals surface area contributed by atoms with Gasteiger partial charge in [-0.3, -0.25) is 4.79 Å². The molecule has 0 aliphatic heterocycles. The van der Waals surface area contributed by atoms with Crippen LogP contribution in [0.3, 0.4) is 0 Å². The second-order valence-corrected chi connectivity index (χ2v) is 8.21. The lowest BCUT2D eigenvalue weighted by Crippen LogP contribution is -2.36. The van der Waals surface area contributed by atoms with E-state index in [0.29, 0.717) is 21.5 Å². The lowest BCUT2D eigenvalue weighted by Gasteiger charge is -2.22. The summed E-state index contributed by atoms with van der Waals surface area (Å²) < 4.78 is 7.39. The maximum Gasteiger partial charge on any atom is 0.273 e. The molecule has 1 heterocycles. The first kappa shape index (κ1) is 21.2. The number of benzene rings is 2. The zero-order valence-corrected chi connectivity index (χ0v) is 18.2. The average Bonchev–Trinajstić information content (AvgIpc) is 3.14. The molecule has 0 saturated heterocycles. The van der Waals surface area contributed by atoms with E-state index in [0.717, 1.165) is 25.7 Å². The van der Waals surface area contributed by atoms with Gasteiger partial charge in [0.2, 0.25) is 5.88 Å². The van der Waals surface area contributed by atoms with E-state index in [-0.39, 0.29) is 23.2 Å². The van der Waals surface area contributed by atoms with Gasteiger partial charge >= 0.3 is 0 Å². The van der Waals surface area contributed by atoms with Gasteiger partial charge in [-0.25, -0.2) is 0 Å². The van der Waals surface area contributed by atoms with Crippen molar-refractivity contribution in [3.63, 3.8) is 0 Å². The Morgan fingerprint density at radius 2 is 1.81 bits per heavy atom. The van der Waals surface area contributed by atoms with Crippen molar-refractivity contribution < 1.29 is 9.53 Å². The molecule has 1 N–H and O–H groups in total. The van der Waals surface area contributed by atoms with Gasteiger partial charge < -0.3 is 10.1 Å². The number of aromatic nitrogens is 2. The van der Waals surface area contributed by atoms with E-state index < -0.39 is 5.91 Å². The zero-order chi connectivity index (χ0) is 21.8. The Morgan fingerprint density at radius 1 is 1.10 bits per heavy atom. The Kier molecular flexibility index (Phi) is 6.45. The number of ether oxygens (including phenoxy) is 1. The quantitative estimate of drug-likeness (QED) is 0.519. The number of carbonyl (C=O) groups excluding carboxylic acids is 1. The first-order chi connectivity index (χ1) is 15.1. The molecule has 1 saturated carbocycles. The molecule has 0 spiro atoms. The fourth-order valence-corrected chi connectivity index (χ4v) is 4.00. The van der Waals surface area contributed by atoms with Gasteiger partial charge in [-0.15, -0.1) is 0 Å². The van der Waals surface area contributed by atoms with Crippen molar-refractivity contribution in [1.29, 1.82) is 5.26 Å². The van der Waals surface area contributed by atoms with Crippen molar-refractivity contribution in [3.8, 4) is 23.4 Å². The molecule has 8 heteroatoms. The molecule has 1 fully saturated rings. The number of carbonyl (C=O) groups is 1. The van der Waals surface area contributed by atoms with Crippen molar-refractivity contribution in [2.45, 2.75) is 38.1 Å². The molecule has 31 heavy (non-hydrogen) atoms. The van der Waals surface area contributed by atoms with Crippen LogP contribution in [-0.2, 0) is 0 Å². The summed E-state index contributed by atoms with van der Waals surface area (Å²) in [5, 5.41) is 18.3. The number of rotatable bonds is 5. The molecule has 1 amide bonds. The van der Waals surface area contributed by atoms with Crippen molar-refractivity contribution in [1.82, 2.24) is 15.1 Å². The van der Waals surface area contributed by atoms with Gasteiger partial charge in [0.05, 0.1) is 10.7 Å². The van der Waals surface area contributed by atoms with Gasteiger partial charge in [-0.1, -0.05) is 54.6 Å². The third kappa shape index (κ3) is 4.68. The van der Waals surface area contributed by atoms with Gasteiger partial charge in [0, 0.05) is 11.1 Å². The molecule has 1 aliphatic rings. The lowest BCUT2D eigenvalue weighted by atomic mass is 9.95. The minimum atomic E-state index is -0.393. The molecule has 0 unspecified atom stereocenters. The number of amides is 1. The second-order valence-electron chi connectivity index (χ2n) is 7.37. The van der Waals surface area contributed by atoms with Crippen LogP contribution in [0, 0.1) is 11.3 Å². The highest BCUT2D eigenvalue weighted by Crippen LogP contribution is 2.33. The number of halogens is 2. The maximum absolute atomic E-state index is 13.0. The largest absolute Gasteiger partial charge is 0.438 e. The minimum absolute atomic E-state index is 0.0111. The van der Waals surface area contributed by atoms with Gasteiger partial charge in [0.15, 0.2) is 5.69 Å². The normalized spacial score (nSPS) is 14.1. The molecule has 0 radical (unpaired) electrons.